The molecule has 0 saturated carbocycles. The molecule has 6 heteroatoms. The van der Waals surface area contributed by atoms with Gasteiger partial charge in [0.25, 0.3) is 0 Å². The normalized spacial score (nSPS) is 23.0. The smallest absolute Gasteiger partial charge is 0.194 e. The Balaban J connectivity index is 2.28. The topological polar surface area (TPSA) is 32.5 Å². The average molecular weight is 287 g/mol. The quantitative estimate of drug-likeness (QED) is 0.860. The third kappa shape index (κ3) is 2.97. The maximum Gasteiger partial charge on any atom is 0.194 e. The van der Waals surface area contributed by atoms with Gasteiger partial charge in [-0.2, -0.15) is 0 Å². The maximum absolute atomic E-state index is 13.4. The van der Waals surface area contributed by atoms with Gasteiger partial charge >= 0.3 is 0 Å². The second-order valence-corrected chi connectivity index (χ2v) is 5.40. The second kappa shape index (κ2) is 6.11. The van der Waals surface area contributed by atoms with E-state index in [0.29, 0.717) is 5.56 Å². The number of hydrogen-bond donors (Lipinski definition) is 1. The molecule has 0 bridgehead atoms. The fraction of sp³-hybridized carbons (Fsp3) is 0.571. The molecule has 0 aromatic heterocycles. The van der Waals surface area contributed by atoms with Gasteiger partial charge in [0.2, 0.25) is 0 Å². The van der Waals surface area contributed by atoms with Gasteiger partial charge in [-0.3, -0.25) is 4.90 Å². The minimum atomic E-state index is -1.43. The molecule has 20 heavy (non-hydrogen) atoms. The number of halogens is 3. The summed E-state index contributed by atoms with van der Waals surface area (Å²) in [5.74, 6) is -3.77. The first kappa shape index (κ1) is 15.3. The lowest BCUT2D eigenvalue weighted by molar-refractivity contribution is 0.0632. The maximum atomic E-state index is 13.4. The highest BCUT2D eigenvalue weighted by Gasteiger charge is 2.29. The van der Waals surface area contributed by atoms with Crippen molar-refractivity contribution in [3.05, 3.63) is 35.1 Å². The van der Waals surface area contributed by atoms with E-state index in [1.165, 1.54) is 0 Å². The first-order valence-electron chi connectivity index (χ1n) is 6.72. The van der Waals surface area contributed by atoms with Gasteiger partial charge in [0.15, 0.2) is 17.5 Å². The van der Waals surface area contributed by atoms with Gasteiger partial charge in [-0.25, -0.2) is 13.2 Å². The van der Waals surface area contributed by atoms with Crippen molar-refractivity contribution < 1.29 is 13.2 Å². The molecule has 2 N–H and O–H groups in total. The summed E-state index contributed by atoms with van der Waals surface area (Å²) >= 11 is 0. The van der Waals surface area contributed by atoms with E-state index >= 15 is 0 Å². The number of rotatable bonds is 3. The Kier molecular flexibility index (Phi) is 4.67. The van der Waals surface area contributed by atoms with Crippen LogP contribution in [0.4, 0.5) is 13.2 Å². The van der Waals surface area contributed by atoms with E-state index in [1.54, 1.807) is 0 Å². The summed E-state index contributed by atoms with van der Waals surface area (Å²) in [6, 6.07) is 2.00. The van der Waals surface area contributed by atoms with Crippen molar-refractivity contribution in [1.82, 2.24) is 9.80 Å². The molecule has 1 fully saturated rings. The third-order valence-corrected chi connectivity index (χ3v) is 3.90. The lowest BCUT2D eigenvalue weighted by Gasteiger charge is -2.42. The SMILES string of the molecule is CC1CN(C)CCN1C(CN)c1cc(F)c(F)c(F)c1. The molecule has 1 aromatic rings. The zero-order valence-electron chi connectivity index (χ0n) is 11.7. The number of likely N-dealkylation sites (N-methyl/N-ethyl adjacent to an activating group) is 1. The highest BCUT2D eigenvalue weighted by molar-refractivity contribution is 5.23. The standard InChI is InChI=1S/C14H20F3N3/c1-9-8-19(2)3-4-20(9)13(7-18)10-5-11(15)14(17)12(16)6-10/h5-6,9,13H,3-4,7-8,18H2,1-2H3. The van der Waals surface area contributed by atoms with Crippen LogP contribution in [0.1, 0.15) is 18.5 Å². The zero-order chi connectivity index (χ0) is 14.9. The van der Waals surface area contributed by atoms with E-state index < -0.39 is 17.5 Å². The molecule has 0 amide bonds. The molecular formula is C14H20F3N3. The van der Waals surface area contributed by atoms with Crippen LogP contribution in [-0.2, 0) is 0 Å². The zero-order valence-corrected chi connectivity index (χ0v) is 11.7. The molecule has 1 aliphatic rings. The number of hydrogen-bond acceptors (Lipinski definition) is 3. The molecule has 1 aliphatic heterocycles. The molecule has 2 unspecified atom stereocenters. The van der Waals surface area contributed by atoms with Gasteiger partial charge in [0, 0.05) is 38.3 Å². The highest BCUT2D eigenvalue weighted by atomic mass is 19.2. The van der Waals surface area contributed by atoms with Crippen LogP contribution in [-0.4, -0.2) is 49.1 Å². The Bertz CT molecular complexity index is 458. The largest absolute Gasteiger partial charge is 0.329 e. The van der Waals surface area contributed by atoms with E-state index in [0.717, 1.165) is 31.8 Å². The number of nitrogens with two attached hydrogens (primary N) is 1. The first-order chi connectivity index (χ1) is 9.43. The van der Waals surface area contributed by atoms with E-state index in [-0.39, 0.29) is 18.6 Å². The molecule has 0 spiro atoms. The van der Waals surface area contributed by atoms with E-state index in [9.17, 15) is 13.2 Å². The molecule has 1 saturated heterocycles. The molecule has 1 heterocycles. The minimum absolute atomic E-state index is 0.221. The van der Waals surface area contributed by atoms with E-state index in [1.807, 2.05) is 7.05 Å². The number of benzene rings is 1. The van der Waals surface area contributed by atoms with Crippen molar-refractivity contribution in [3.8, 4) is 0 Å². The molecule has 0 radical (unpaired) electrons. The molecule has 3 nitrogen and oxygen atoms in total. The lowest BCUT2D eigenvalue weighted by Crippen LogP contribution is -2.52. The summed E-state index contributed by atoms with van der Waals surface area (Å²) < 4.78 is 39.8. The summed E-state index contributed by atoms with van der Waals surface area (Å²) in [6.45, 7) is 4.78. The number of piperazine rings is 1. The average Bonchev–Trinajstić information content (AvgIpc) is 2.39. The summed E-state index contributed by atoms with van der Waals surface area (Å²) in [5.41, 5.74) is 6.17. The third-order valence-electron chi connectivity index (χ3n) is 3.90. The molecule has 112 valence electrons. The van der Waals surface area contributed by atoms with E-state index in [2.05, 4.69) is 16.7 Å². The Morgan fingerprint density at radius 2 is 1.85 bits per heavy atom. The molecule has 2 rings (SSSR count). The van der Waals surface area contributed by atoms with Crippen molar-refractivity contribution >= 4 is 0 Å². The summed E-state index contributed by atoms with van der Waals surface area (Å²) in [6.07, 6.45) is 0. The second-order valence-electron chi connectivity index (χ2n) is 5.40. The first-order valence-corrected chi connectivity index (χ1v) is 6.72. The van der Waals surface area contributed by atoms with Crippen LogP contribution in [0.5, 0.6) is 0 Å². The van der Waals surface area contributed by atoms with Crippen molar-refractivity contribution in [1.29, 1.82) is 0 Å². The van der Waals surface area contributed by atoms with Gasteiger partial charge in [0.1, 0.15) is 0 Å². The van der Waals surface area contributed by atoms with Gasteiger partial charge in [-0.15, -0.1) is 0 Å². The van der Waals surface area contributed by atoms with Gasteiger partial charge in [-0.1, -0.05) is 0 Å². The van der Waals surface area contributed by atoms with Crippen molar-refractivity contribution in [2.24, 2.45) is 5.73 Å². The van der Waals surface area contributed by atoms with Crippen LogP contribution in [0.15, 0.2) is 12.1 Å². The molecule has 0 aliphatic carbocycles. The minimum Gasteiger partial charge on any atom is -0.329 e. The van der Waals surface area contributed by atoms with E-state index in [4.69, 9.17) is 5.73 Å². The highest BCUT2D eigenvalue weighted by Crippen LogP contribution is 2.26. The van der Waals surface area contributed by atoms with Crippen LogP contribution >= 0.6 is 0 Å². The van der Waals surface area contributed by atoms with Crippen LogP contribution in [0.25, 0.3) is 0 Å². The monoisotopic (exact) mass is 287 g/mol. The number of nitrogens with zero attached hydrogens (tertiary/aromatic N) is 2. The lowest BCUT2D eigenvalue weighted by atomic mass is 10.0. The predicted molar refractivity (Wildman–Crippen MR) is 71.8 cm³/mol. The van der Waals surface area contributed by atoms with Crippen LogP contribution in [0.3, 0.4) is 0 Å². The van der Waals surface area contributed by atoms with Crippen molar-refractivity contribution in [2.75, 3.05) is 33.2 Å². The fourth-order valence-corrected chi connectivity index (χ4v) is 2.85. The van der Waals surface area contributed by atoms with Crippen LogP contribution < -0.4 is 5.73 Å². The predicted octanol–water partition coefficient (Wildman–Crippen LogP) is 1.74. The molecule has 2 atom stereocenters. The summed E-state index contributed by atoms with van der Waals surface area (Å²) in [7, 11) is 2.03. The summed E-state index contributed by atoms with van der Waals surface area (Å²) in [5, 5.41) is 0. The van der Waals surface area contributed by atoms with Gasteiger partial charge in [-0.05, 0) is 31.7 Å². The van der Waals surface area contributed by atoms with Gasteiger partial charge in [0.05, 0.1) is 0 Å². The Morgan fingerprint density at radius 1 is 1.25 bits per heavy atom. The van der Waals surface area contributed by atoms with Crippen molar-refractivity contribution in [2.45, 2.75) is 19.0 Å². The Labute approximate surface area is 117 Å². The van der Waals surface area contributed by atoms with Crippen LogP contribution in [0, 0.1) is 17.5 Å². The summed E-state index contributed by atoms with van der Waals surface area (Å²) in [4.78, 5) is 4.31. The van der Waals surface area contributed by atoms with Gasteiger partial charge < -0.3 is 10.6 Å². The van der Waals surface area contributed by atoms with Crippen LogP contribution in [0.2, 0.25) is 0 Å². The van der Waals surface area contributed by atoms with Crippen molar-refractivity contribution in [3.63, 3.8) is 0 Å². The molecule has 1 aromatic carbocycles. The molecular weight excluding hydrogens is 267 g/mol. The Morgan fingerprint density at radius 3 is 2.35 bits per heavy atom. The Hall–Kier alpha value is -1.11. The fourth-order valence-electron chi connectivity index (χ4n) is 2.85.